The molecule has 0 aliphatic heterocycles. The van der Waals surface area contributed by atoms with Crippen molar-refractivity contribution in [2.24, 2.45) is 0 Å². The molecule has 0 fully saturated rings. The molecule has 0 radical (unpaired) electrons. The molecule has 130 valence electrons. The highest BCUT2D eigenvalue weighted by Gasteiger charge is 2.15. The number of benzene rings is 2. The van der Waals surface area contributed by atoms with Crippen LogP contribution in [0.2, 0.25) is 0 Å². The van der Waals surface area contributed by atoms with Crippen LogP contribution in [0.15, 0.2) is 42.5 Å². The third-order valence-corrected chi connectivity index (χ3v) is 3.90. The van der Waals surface area contributed by atoms with E-state index in [0.717, 1.165) is 5.56 Å². The van der Waals surface area contributed by atoms with Crippen molar-refractivity contribution in [1.82, 2.24) is 0 Å². The van der Waals surface area contributed by atoms with Crippen LogP contribution in [0.4, 0.5) is 11.4 Å². The third-order valence-electron chi connectivity index (χ3n) is 3.90. The van der Waals surface area contributed by atoms with E-state index in [9.17, 15) is 19.7 Å². The molecule has 0 saturated carbocycles. The number of hydrogen-bond donors (Lipinski definition) is 1. The van der Waals surface area contributed by atoms with Gasteiger partial charge in [-0.05, 0) is 19.4 Å². The molecule has 1 N–H and O–H groups in total. The number of nitro benzene ring substituents is 1. The van der Waals surface area contributed by atoms with Crippen LogP contribution in [0.5, 0.6) is 0 Å². The number of nitrogens with zero attached hydrogens (tertiary/aromatic N) is 1. The molecule has 0 spiro atoms. The molecule has 6 nitrogen and oxygen atoms in total. The van der Waals surface area contributed by atoms with Crippen LogP contribution in [0, 0.1) is 17.0 Å². The van der Waals surface area contributed by atoms with Crippen molar-refractivity contribution in [2.75, 3.05) is 5.32 Å². The highest BCUT2D eigenvalue weighted by molar-refractivity contribution is 6.00. The first kappa shape index (κ1) is 18.3. The quantitative estimate of drug-likeness (QED) is 0.467. The Bertz CT molecular complexity index is 798. The van der Waals surface area contributed by atoms with Crippen LogP contribution in [0.25, 0.3) is 0 Å². The number of ketones is 1. The van der Waals surface area contributed by atoms with Crippen molar-refractivity contribution >= 4 is 23.1 Å². The number of amides is 1. The van der Waals surface area contributed by atoms with Gasteiger partial charge in [-0.15, -0.1) is 0 Å². The number of hydrogen-bond acceptors (Lipinski definition) is 4. The molecule has 0 bridgehead atoms. The largest absolute Gasteiger partial charge is 0.326 e. The van der Waals surface area contributed by atoms with Crippen molar-refractivity contribution in [1.29, 1.82) is 0 Å². The average Bonchev–Trinajstić information content (AvgIpc) is 2.60. The number of rotatable bonds is 7. The van der Waals surface area contributed by atoms with Gasteiger partial charge in [0.15, 0.2) is 5.78 Å². The molecular formula is C19H20N2O4. The van der Waals surface area contributed by atoms with E-state index in [1.54, 1.807) is 24.3 Å². The predicted molar refractivity (Wildman–Crippen MR) is 95.8 cm³/mol. The van der Waals surface area contributed by atoms with E-state index in [-0.39, 0.29) is 30.2 Å². The summed E-state index contributed by atoms with van der Waals surface area (Å²) in [6.07, 6.45) is 0.648. The van der Waals surface area contributed by atoms with Crippen molar-refractivity contribution in [2.45, 2.75) is 33.1 Å². The molecule has 6 heteroatoms. The zero-order valence-electron chi connectivity index (χ0n) is 14.2. The number of carbonyl (C=O) groups is 2. The number of nitro groups is 1. The van der Waals surface area contributed by atoms with E-state index in [1.807, 2.05) is 26.0 Å². The van der Waals surface area contributed by atoms with Crippen LogP contribution < -0.4 is 5.32 Å². The third kappa shape index (κ3) is 4.97. The molecule has 0 aliphatic rings. The van der Waals surface area contributed by atoms with E-state index in [1.165, 1.54) is 6.07 Å². The smallest absolute Gasteiger partial charge is 0.274 e. The topological polar surface area (TPSA) is 89.3 Å². The lowest BCUT2D eigenvalue weighted by atomic mass is 10.0. The molecule has 0 unspecified atom stereocenters. The summed E-state index contributed by atoms with van der Waals surface area (Å²) in [6, 6.07) is 11.8. The minimum Gasteiger partial charge on any atom is -0.326 e. The zero-order chi connectivity index (χ0) is 18.4. The lowest BCUT2D eigenvalue weighted by Crippen LogP contribution is -2.13. The summed E-state index contributed by atoms with van der Waals surface area (Å²) in [4.78, 5) is 34.7. The van der Waals surface area contributed by atoms with Gasteiger partial charge in [0, 0.05) is 35.7 Å². The molecule has 0 atom stereocenters. The summed E-state index contributed by atoms with van der Waals surface area (Å²) in [6.45, 7) is 3.77. The second-order valence-electron chi connectivity index (χ2n) is 5.79. The Balaban J connectivity index is 1.96. The molecule has 2 aromatic carbocycles. The summed E-state index contributed by atoms with van der Waals surface area (Å²) >= 11 is 0. The second kappa shape index (κ2) is 8.19. The molecule has 2 rings (SSSR count). The van der Waals surface area contributed by atoms with E-state index in [4.69, 9.17) is 0 Å². The van der Waals surface area contributed by atoms with Gasteiger partial charge in [-0.2, -0.15) is 0 Å². The SMILES string of the molecule is CCc1ccc(NC(=O)CCC(=O)c2ccc(C)cc2)cc1[N+](=O)[O-]. The normalized spacial score (nSPS) is 10.3. The van der Waals surface area contributed by atoms with Gasteiger partial charge in [0.05, 0.1) is 4.92 Å². The van der Waals surface area contributed by atoms with E-state index >= 15 is 0 Å². The first-order valence-electron chi connectivity index (χ1n) is 8.07. The first-order chi connectivity index (χ1) is 11.9. The first-order valence-corrected chi connectivity index (χ1v) is 8.07. The maximum atomic E-state index is 12.1. The lowest BCUT2D eigenvalue weighted by Gasteiger charge is -2.07. The molecule has 0 aromatic heterocycles. The monoisotopic (exact) mass is 340 g/mol. The highest BCUT2D eigenvalue weighted by Crippen LogP contribution is 2.23. The highest BCUT2D eigenvalue weighted by atomic mass is 16.6. The number of nitrogens with one attached hydrogen (secondary N) is 1. The van der Waals surface area contributed by atoms with Crippen LogP contribution in [0.1, 0.15) is 41.3 Å². The van der Waals surface area contributed by atoms with Gasteiger partial charge in [0.2, 0.25) is 5.91 Å². The van der Waals surface area contributed by atoms with Gasteiger partial charge in [-0.1, -0.05) is 42.8 Å². The minimum absolute atomic E-state index is 0.0176. The maximum Gasteiger partial charge on any atom is 0.274 e. The Labute approximate surface area is 146 Å². The fourth-order valence-corrected chi connectivity index (χ4v) is 2.44. The molecule has 25 heavy (non-hydrogen) atoms. The van der Waals surface area contributed by atoms with Gasteiger partial charge >= 0.3 is 0 Å². The van der Waals surface area contributed by atoms with E-state index < -0.39 is 4.92 Å². The van der Waals surface area contributed by atoms with Crippen LogP contribution in [0.3, 0.4) is 0 Å². The molecule has 0 aliphatic carbocycles. The van der Waals surface area contributed by atoms with Crippen molar-refractivity contribution < 1.29 is 14.5 Å². The van der Waals surface area contributed by atoms with Crippen LogP contribution >= 0.6 is 0 Å². The van der Waals surface area contributed by atoms with Crippen molar-refractivity contribution in [3.63, 3.8) is 0 Å². The van der Waals surface area contributed by atoms with Crippen molar-refractivity contribution in [3.05, 3.63) is 69.3 Å². The van der Waals surface area contributed by atoms with Crippen molar-refractivity contribution in [3.8, 4) is 0 Å². The summed E-state index contributed by atoms with van der Waals surface area (Å²) in [7, 11) is 0. The van der Waals surface area contributed by atoms with Gasteiger partial charge < -0.3 is 5.32 Å². The van der Waals surface area contributed by atoms with E-state index in [2.05, 4.69) is 5.32 Å². The second-order valence-corrected chi connectivity index (χ2v) is 5.79. The van der Waals surface area contributed by atoms with Crippen LogP contribution in [-0.4, -0.2) is 16.6 Å². The molecule has 1 amide bonds. The molecular weight excluding hydrogens is 320 g/mol. The predicted octanol–water partition coefficient (Wildman–Crippen LogP) is 4.07. The Morgan fingerprint density at radius 3 is 2.36 bits per heavy atom. The number of Topliss-reactive ketones (excluding diaryl/α,β-unsaturated/α-hetero) is 1. The zero-order valence-corrected chi connectivity index (χ0v) is 14.2. The Kier molecular flexibility index (Phi) is 6.00. The summed E-state index contributed by atoms with van der Waals surface area (Å²) in [5.74, 6) is -0.457. The summed E-state index contributed by atoms with van der Waals surface area (Å²) in [5, 5.41) is 13.7. The minimum atomic E-state index is -0.463. The molecule has 0 heterocycles. The molecule has 0 saturated heterocycles. The maximum absolute atomic E-state index is 12.1. The van der Waals surface area contributed by atoms with Gasteiger partial charge in [0.1, 0.15) is 0 Å². The van der Waals surface area contributed by atoms with Gasteiger partial charge in [0.25, 0.3) is 5.69 Å². The number of aryl methyl sites for hydroxylation is 2. The average molecular weight is 340 g/mol. The Morgan fingerprint density at radius 1 is 1.08 bits per heavy atom. The summed E-state index contributed by atoms with van der Waals surface area (Å²) in [5.41, 5.74) is 2.58. The summed E-state index contributed by atoms with van der Waals surface area (Å²) < 4.78 is 0. The number of carbonyl (C=O) groups excluding carboxylic acids is 2. The van der Waals surface area contributed by atoms with E-state index in [0.29, 0.717) is 23.2 Å². The van der Waals surface area contributed by atoms with Gasteiger partial charge in [-0.25, -0.2) is 0 Å². The van der Waals surface area contributed by atoms with Gasteiger partial charge in [-0.3, -0.25) is 19.7 Å². The number of anilines is 1. The fraction of sp³-hybridized carbons (Fsp3) is 0.263. The Morgan fingerprint density at radius 2 is 1.76 bits per heavy atom. The molecule has 2 aromatic rings. The Hall–Kier alpha value is -3.02. The standard InChI is InChI=1S/C19H20N2O4/c1-3-14-8-9-16(12-17(14)21(24)25)20-19(23)11-10-18(22)15-6-4-13(2)5-7-15/h4-9,12H,3,10-11H2,1-2H3,(H,20,23). The van der Waals surface area contributed by atoms with Crippen LogP contribution in [-0.2, 0) is 11.2 Å². The fourth-order valence-electron chi connectivity index (χ4n) is 2.44. The lowest BCUT2D eigenvalue weighted by molar-refractivity contribution is -0.385.